The summed E-state index contributed by atoms with van der Waals surface area (Å²) in [5.74, 6) is 5.11. The third kappa shape index (κ3) is 1.40. The summed E-state index contributed by atoms with van der Waals surface area (Å²) in [5.41, 5.74) is 0. The lowest BCUT2D eigenvalue weighted by Crippen LogP contribution is -2.35. The molecule has 2 saturated carbocycles. The van der Waals surface area contributed by atoms with Gasteiger partial charge in [-0.15, -0.1) is 0 Å². The molecule has 1 aliphatic heterocycles. The van der Waals surface area contributed by atoms with Gasteiger partial charge >= 0.3 is 0 Å². The van der Waals surface area contributed by atoms with Gasteiger partial charge in [0.2, 0.25) is 0 Å². The van der Waals surface area contributed by atoms with E-state index < -0.39 is 0 Å². The Labute approximate surface area is 98.7 Å². The Bertz CT molecular complexity index is 309. The van der Waals surface area contributed by atoms with Crippen LogP contribution in [0.25, 0.3) is 0 Å². The molecule has 0 aromatic heterocycles. The minimum Gasteiger partial charge on any atom is -0.314 e. The Kier molecular flexibility index (Phi) is 2.18. The van der Waals surface area contributed by atoms with Crippen LogP contribution in [0.3, 0.4) is 0 Å². The molecule has 3 aliphatic carbocycles. The molecule has 0 aromatic rings. The van der Waals surface area contributed by atoms with Crippen molar-refractivity contribution in [2.75, 3.05) is 6.54 Å². The minimum absolute atomic E-state index is 0.894. The first-order chi connectivity index (χ1) is 7.90. The Morgan fingerprint density at radius 3 is 2.69 bits per heavy atom. The van der Waals surface area contributed by atoms with Gasteiger partial charge in [0.05, 0.1) is 0 Å². The number of nitrogens with one attached hydrogen (secondary N) is 1. The maximum Gasteiger partial charge on any atom is 0.00960 e. The van der Waals surface area contributed by atoms with Crippen LogP contribution in [0.2, 0.25) is 0 Å². The summed E-state index contributed by atoms with van der Waals surface area (Å²) in [4.78, 5) is 0. The van der Waals surface area contributed by atoms with Crippen molar-refractivity contribution >= 4 is 0 Å². The maximum atomic E-state index is 3.69. The van der Waals surface area contributed by atoms with Crippen LogP contribution in [0.1, 0.15) is 38.5 Å². The first kappa shape index (κ1) is 9.70. The van der Waals surface area contributed by atoms with Gasteiger partial charge in [0, 0.05) is 6.04 Å². The van der Waals surface area contributed by atoms with Gasteiger partial charge in [0.1, 0.15) is 0 Å². The van der Waals surface area contributed by atoms with E-state index in [1.54, 1.807) is 6.42 Å². The second kappa shape index (κ2) is 3.60. The SMILES string of the molecule is C1=CC2CC1CC2C1CCC2NCCC2C1. The molecule has 2 bridgehead atoms. The predicted octanol–water partition coefficient (Wildman–Crippen LogP) is 2.98. The van der Waals surface area contributed by atoms with Crippen molar-refractivity contribution in [2.45, 2.75) is 44.6 Å². The highest BCUT2D eigenvalue weighted by Gasteiger charge is 2.43. The molecule has 0 aromatic carbocycles. The highest BCUT2D eigenvalue weighted by Crippen LogP contribution is 2.51. The Morgan fingerprint density at radius 2 is 1.88 bits per heavy atom. The molecule has 6 unspecified atom stereocenters. The molecular formula is C15H23N. The van der Waals surface area contributed by atoms with E-state index in [0.717, 1.165) is 35.6 Å². The Morgan fingerprint density at radius 1 is 0.875 bits per heavy atom. The van der Waals surface area contributed by atoms with Crippen molar-refractivity contribution in [1.29, 1.82) is 0 Å². The van der Waals surface area contributed by atoms with Gasteiger partial charge in [-0.3, -0.25) is 0 Å². The van der Waals surface area contributed by atoms with E-state index in [4.69, 9.17) is 0 Å². The minimum atomic E-state index is 0.894. The van der Waals surface area contributed by atoms with Crippen LogP contribution in [0, 0.1) is 29.6 Å². The van der Waals surface area contributed by atoms with Crippen LogP contribution in [-0.4, -0.2) is 12.6 Å². The van der Waals surface area contributed by atoms with Crippen LogP contribution in [0.15, 0.2) is 12.2 Å². The molecule has 0 radical (unpaired) electrons. The third-order valence-electron chi connectivity index (χ3n) is 5.88. The summed E-state index contributed by atoms with van der Waals surface area (Å²) in [6, 6.07) is 0.894. The highest BCUT2D eigenvalue weighted by atomic mass is 15.0. The number of hydrogen-bond acceptors (Lipinski definition) is 1. The highest BCUT2D eigenvalue weighted by molar-refractivity contribution is 5.11. The maximum absolute atomic E-state index is 3.69. The third-order valence-corrected chi connectivity index (χ3v) is 5.88. The number of allylic oxidation sites excluding steroid dienone is 2. The Hall–Kier alpha value is -0.300. The lowest BCUT2D eigenvalue weighted by atomic mass is 9.69. The molecule has 1 heterocycles. The normalized spacial score (nSPS) is 54.5. The van der Waals surface area contributed by atoms with Crippen molar-refractivity contribution in [2.24, 2.45) is 29.6 Å². The molecule has 0 amide bonds. The topological polar surface area (TPSA) is 12.0 Å². The monoisotopic (exact) mass is 217 g/mol. The van der Waals surface area contributed by atoms with Crippen molar-refractivity contribution in [3.8, 4) is 0 Å². The van der Waals surface area contributed by atoms with Crippen LogP contribution in [0.5, 0.6) is 0 Å². The summed E-state index contributed by atoms with van der Waals surface area (Å²) in [6.45, 7) is 1.29. The zero-order chi connectivity index (χ0) is 10.5. The first-order valence-electron chi connectivity index (χ1n) is 7.32. The van der Waals surface area contributed by atoms with Crippen molar-refractivity contribution < 1.29 is 0 Å². The van der Waals surface area contributed by atoms with Crippen LogP contribution >= 0.6 is 0 Å². The molecule has 3 fully saturated rings. The molecule has 88 valence electrons. The van der Waals surface area contributed by atoms with Crippen molar-refractivity contribution in [3.05, 3.63) is 12.2 Å². The second-order valence-electron chi connectivity index (χ2n) is 6.63. The molecule has 4 aliphatic rings. The second-order valence-corrected chi connectivity index (χ2v) is 6.63. The fourth-order valence-electron chi connectivity index (χ4n) is 5.10. The van der Waals surface area contributed by atoms with E-state index >= 15 is 0 Å². The molecule has 1 N–H and O–H groups in total. The van der Waals surface area contributed by atoms with Crippen molar-refractivity contribution in [3.63, 3.8) is 0 Å². The van der Waals surface area contributed by atoms with Crippen LogP contribution < -0.4 is 5.32 Å². The molecule has 1 heteroatoms. The van der Waals surface area contributed by atoms with Crippen LogP contribution in [0.4, 0.5) is 0 Å². The quantitative estimate of drug-likeness (QED) is 0.666. The van der Waals surface area contributed by atoms with Gasteiger partial charge in [-0.05, 0) is 74.7 Å². The average molecular weight is 217 g/mol. The zero-order valence-corrected chi connectivity index (χ0v) is 10.1. The lowest BCUT2D eigenvalue weighted by molar-refractivity contribution is 0.163. The molecule has 16 heavy (non-hydrogen) atoms. The summed E-state index contributed by atoms with van der Waals surface area (Å²) >= 11 is 0. The van der Waals surface area contributed by atoms with Crippen molar-refractivity contribution in [1.82, 2.24) is 5.32 Å². The predicted molar refractivity (Wildman–Crippen MR) is 66.1 cm³/mol. The van der Waals surface area contributed by atoms with Gasteiger partial charge < -0.3 is 5.32 Å². The molecule has 0 spiro atoms. The number of rotatable bonds is 1. The number of fused-ring (bicyclic) bond motifs is 3. The van der Waals surface area contributed by atoms with E-state index in [9.17, 15) is 0 Å². The standard InChI is InChI=1S/C15H23N/c1-2-11-7-10(1)8-14(11)12-3-4-15-13(9-12)5-6-16-15/h1-2,10-16H,3-9H2. The molecule has 1 nitrogen and oxygen atoms in total. The summed E-state index contributed by atoms with van der Waals surface area (Å²) in [5, 5.41) is 3.69. The smallest absolute Gasteiger partial charge is 0.00960 e. The van der Waals surface area contributed by atoms with Gasteiger partial charge in [-0.1, -0.05) is 12.2 Å². The van der Waals surface area contributed by atoms with Gasteiger partial charge in [-0.2, -0.15) is 0 Å². The summed E-state index contributed by atoms with van der Waals surface area (Å²) < 4.78 is 0. The van der Waals surface area contributed by atoms with Gasteiger partial charge in [0.15, 0.2) is 0 Å². The average Bonchev–Trinajstić information content (AvgIpc) is 3.03. The van der Waals surface area contributed by atoms with Gasteiger partial charge in [0.25, 0.3) is 0 Å². The van der Waals surface area contributed by atoms with Crippen LogP contribution in [-0.2, 0) is 0 Å². The number of hydrogen-bond donors (Lipinski definition) is 1. The first-order valence-corrected chi connectivity index (χ1v) is 7.32. The molecule has 4 rings (SSSR count). The Balaban J connectivity index is 1.47. The molecule has 1 saturated heterocycles. The van der Waals surface area contributed by atoms with E-state index in [-0.39, 0.29) is 0 Å². The summed E-state index contributed by atoms with van der Waals surface area (Å²) in [6.07, 6.45) is 14.0. The van der Waals surface area contributed by atoms with E-state index in [0.29, 0.717) is 0 Å². The molecular weight excluding hydrogens is 194 g/mol. The van der Waals surface area contributed by atoms with E-state index in [2.05, 4.69) is 17.5 Å². The molecule has 6 atom stereocenters. The fourth-order valence-corrected chi connectivity index (χ4v) is 5.10. The van der Waals surface area contributed by atoms with E-state index in [1.165, 1.54) is 38.6 Å². The fraction of sp³-hybridized carbons (Fsp3) is 0.867. The van der Waals surface area contributed by atoms with E-state index in [1.807, 2.05) is 0 Å². The lowest BCUT2D eigenvalue weighted by Gasteiger charge is -2.37. The van der Waals surface area contributed by atoms with Gasteiger partial charge in [-0.25, -0.2) is 0 Å². The largest absolute Gasteiger partial charge is 0.314 e. The summed E-state index contributed by atoms with van der Waals surface area (Å²) in [7, 11) is 0. The zero-order valence-electron chi connectivity index (χ0n) is 10.1.